The summed E-state index contributed by atoms with van der Waals surface area (Å²) in [6.45, 7) is 0.169. The van der Waals surface area contributed by atoms with E-state index < -0.39 is 5.82 Å². The first kappa shape index (κ1) is 16.5. The Hall–Kier alpha value is -2.32. The molecule has 0 fully saturated rings. The lowest BCUT2D eigenvalue weighted by molar-refractivity contribution is 0.269. The molecule has 0 aliphatic carbocycles. The van der Waals surface area contributed by atoms with Gasteiger partial charge in [-0.2, -0.15) is 9.78 Å². The molecule has 0 radical (unpaired) electrons. The summed E-state index contributed by atoms with van der Waals surface area (Å²) < 4.78 is 25.6. The summed E-state index contributed by atoms with van der Waals surface area (Å²) >= 11 is 7.34. The number of aromatic nitrogens is 3. The van der Waals surface area contributed by atoms with E-state index in [1.807, 2.05) is 6.26 Å². The highest BCUT2D eigenvalue weighted by Crippen LogP contribution is 2.25. The Kier molecular flexibility index (Phi) is 5.17. The standard InChI is InChI=1S/C15H12ClFN4O2S/c1-24-15-20-18-9-21(15)19-7-11-3-4-12(23-11)8-22-14-5-2-10(17)6-13(14)16/h2-7,9H,8H2,1H3. The summed E-state index contributed by atoms with van der Waals surface area (Å²) in [7, 11) is 0. The van der Waals surface area contributed by atoms with Gasteiger partial charge in [-0.15, -0.1) is 10.2 Å². The molecule has 1 aromatic carbocycles. The average Bonchev–Trinajstić information content (AvgIpc) is 3.20. The molecule has 0 unspecified atom stereocenters. The molecule has 24 heavy (non-hydrogen) atoms. The fourth-order valence-corrected chi connectivity index (χ4v) is 2.47. The molecule has 0 aliphatic rings. The van der Waals surface area contributed by atoms with E-state index in [-0.39, 0.29) is 11.6 Å². The first-order valence-electron chi connectivity index (χ1n) is 6.80. The topological polar surface area (TPSA) is 65.4 Å². The Morgan fingerprint density at radius 2 is 2.29 bits per heavy atom. The van der Waals surface area contributed by atoms with Gasteiger partial charge in [0.25, 0.3) is 0 Å². The predicted molar refractivity (Wildman–Crippen MR) is 89.2 cm³/mol. The smallest absolute Gasteiger partial charge is 0.211 e. The van der Waals surface area contributed by atoms with Crippen LogP contribution in [-0.2, 0) is 6.61 Å². The van der Waals surface area contributed by atoms with E-state index in [0.29, 0.717) is 22.4 Å². The summed E-state index contributed by atoms with van der Waals surface area (Å²) in [5.41, 5.74) is 0. The maximum absolute atomic E-state index is 13.0. The molecule has 124 valence electrons. The third kappa shape index (κ3) is 3.95. The molecular formula is C15H12ClFN4O2S. The highest BCUT2D eigenvalue weighted by Gasteiger charge is 2.06. The minimum Gasteiger partial charge on any atom is -0.484 e. The van der Waals surface area contributed by atoms with Crippen LogP contribution < -0.4 is 4.74 Å². The maximum atomic E-state index is 13.0. The summed E-state index contributed by atoms with van der Waals surface area (Å²) in [6, 6.07) is 7.47. The van der Waals surface area contributed by atoms with E-state index in [1.54, 1.807) is 23.0 Å². The van der Waals surface area contributed by atoms with Gasteiger partial charge in [0, 0.05) is 0 Å². The minimum atomic E-state index is -0.414. The number of thioether (sulfide) groups is 1. The molecule has 0 bridgehead atoms. The molecule has 0 aliphatic heterocycles. The van der Waals surface area contributed by atoms with Crippen LogP contribution in [0.15, 0.2) is 51.3 Å². The molecule has 3 rings (SSSR count). The number of benzene rings is 1. The number of hydrogen-bond acceptors (Lipinski definition) is 6. The van der Waals surface area contributed by atoms with E-state index in [9.17, 15) is 4.39 Å². The quantitative estimate of drug-likeness (QED) is 0.489. The van der Waals surface area contributed by atoms with E-state index in [4.69, 9.17) is 20.8 Å². The van der Waals surface area contributed by atoms with Gasteiger partial charge >= 0.3 is 0 Å². The van der Waals surface area contributed by atoms with Crippen molar-refractivity contribution in [3.63, 3.8) is 0 Å². The number of ether oxygens (including phenoxy) is 1. The van der Waals surface area contributed by atoms with Gasteiger partial charge in [0.05, 0.1) is 11.2 Å². The van der Waals surface area contributed by atoms with Crippen LogP contribution in [0.1, 0.15) is 11.5 Å². The van der Waals surface area contributed by atoms with Crippen LogP contribution in [0.25, 0.3) is 0 Å². The van der Waals surface area contributed by atoms with Crippen LogP contribution in [0, 0.1) is 5.82 Å². The first-order chi connectivity index (χ1) is 11.7. The molecule has 0 saturated carbocycles. The van der Waals surface area contributed by atoms with Crippen molar-refractivity contribution in [2.24, 2.45) is 5.10 Å². The Morgan fingerprint density at radius 3 is 3.08 bits per heavy atom. The monoisotopic (exact) mass is 366 g/mol. The molecule has 0 atom stereocenters. The Morgan fingerprint density at radius 1 is 1.42 bits per heavy atom. The number of nitrogens with zero attached hydrogens (tertiary/aromatic N) is 4. The van der Waals surface area contributed by atoms with Crippen LogP contribution >= 0.6 is 23.4 Å². The van der Waals surface area contributed by atoms with Crippen molar-refractivity contribution in [2.75, 3.05) is 6.26 Å². The van der Waals surface area contributed by atoms with Crippen molar-refractivity contribution in [1.82, 2.24) is 14.9 Å². The maximum Gasteiger partial charge on any atom is 0.211 e. The average molecular weight is 367 g/mol. The van der Waals surface area contributed by atoms with Crippen LogP contribution in [0.4, 0.5) is 4.39 Å². The SMILES string of the molecule is CSc1nncn1N=Cc1ccc(COc2ccc(F)cc2Cl)o1. The molecule has 2 heterocycles. The summed E-state index contributed by atoms with van der Waals surface area (Å²) in [5.74, 6) is 1.12. The van der Waals surface area contributed by atoms with Crippen LogP contribution in [-0.4, -0.2) is 27.3 Å². The second kappa shape index (κ2) is 7.50. The summed E-state index contributed by atoms with van der Waals surface area (Å²) in [6.07, 6.45) is 4.95. The lowest BCUT2D eigenvalue weighted by atomic mass is 10.3. The zero-order valence-electron chi connectivity index (χ0n) is 12.5. The van der Waals surface area contributed by atoms with Crippen LogP contribution in [0.5, 0.6) is 5.75 Å². The number of hydrogen-bond donors (Lipinski definition) is 0. The number of halogens is 2. The minimum absolute atomic E-state index is 0.169. The fourth-order valence-electron chi connectivity index (χ4n) is 1.83. The van der Waals surface area contributed by atoms with Gasteiger partial charge in [-0.25, -0.2) is 4.39 Å². The van der Waals surface area contributed by atoms with Crippen molar-refractivity contribution < 1.29 is 13.5 Å². The van der Waals surface area contributed by atoms with Gasteiger partial charge in [-0.1, -0.05) is 23.4 Å². The molecular weight excluding hydrogens is 355 g/mol. The van der Waals surface area contributed by atoms with Gasteiger partial charge in [-0.3, -0.25) is 0 Å². The van der Waals surface area contributed by atoms with Crippen molar-refractivity contribution in [1.29, 1.82) is 0 Å². The third-order valence-electron chi connectivity index (χ3n) is 2.94. The molecule has 0 saturated heterocycles. The molecule has 9 heteroatoms. The largest absolute Gasteiger partial charge is 0.484 e. The van der Waals surface area contributed by atoms with Crippen molar-refractivity contribution in [2.45, 2.75) is 11.8 Å². The van der Waals surface area contributed by atoms with Gasteiger partial charge in [0.2, 0.25) is 5.16 Å². The summed E-state index contributed by atoms with van der Waals surface area (Å²) in [4.78, 5) is 0. The number of rotatable bonds is 6. The highest BCUT2D eigenvalue weighted by atomic mass is 35.5. The Balaban J connectivity index is 1.63. The van der Waals surface area contributed by atoms with Crippen molar-refractivity contribution >= 4 is 29.6 Å². The van der Waals surface area contributed by atoms with Crippen molar-refractivity contribution in [3.8, 4) is 5.75 Å². The zero-order chi connectivity index (χ0) is 16.9. The molecule has 0 amide bonds. The molecule has 3 aromatic rings. The molecule has 2 aromatic heterocycles. The van der Waals surface area contributed by atoms with E-state index in [0.717, 1.165) is 0 Å². The van der Waals surface area contributed by atoms with E-state index in [1.165, 1.54) is 36.3 Å². The molecule has 6 nitrogen and oxygen atoms in total. The normalized spacial score (nSPS) is 11.3. The van der Waals surface area contributed by atoms with Gasteiger partial charge in [0.15, 0.2) is 0 Å². The van der Waals surface area contributed by atoms with Gasteiger partial charge in [-0.05, 0) is 36.6 Å². The third-order valence-corrected chi connectivity index (χ3v) is 3.87. The van der Waals surface area contributed by atoms with Gasteiger partial charge < -0.3 is 9.15 Å². The second-order valence-corrected chi connectivity index (χ2v) is 5.75. The molecule has 0 N–H and O–H groups in total. The Labute approximate surface area is 146 Å². The van der Waals surface area contributed by atoms with E-state index in [2.05, 4.69) is 15.3 Å². The number of furan rings is 1. The second-order valence-electron chi connectivity index (χ2n) is 4.57. The zero-order valence-corrected chi connectivity index (χ0v) is 14.1. The highest BCUT2D eigenvalue weighted by molar-refractivity contribution is 7.98. The van der Waals surface area contributed by atoms with Crippen LogP contribution in [0.2, 0.25) is 5.02 Å². The first-order valence-corrected chi connectivity index (χ1v) is 8.41. The lowest BCUT2D eigenvalue weighted by Gasteiger charge is -2.05. The Bertz CT molecular complexity index is 865. The fraction of sp³-hybridized carbons (Fsp3) is 0.133. The molecule has 0 spiro atoms. The van der Waals surface area contributed by atoms with E-state index >= 15 is 0 Å². The lowest BCUT2D eigenvalue weighted by Crippen LogP contribution is -1.95. The van der Waals surface area contributed by atoms with Crippen LogP contribution in [0.3, 0.4) is 0 Å². The van der Waals surface area contributed by atoms with Crippen molar-refractivity contribution in [3.05, 3.63) is 59.0 Å². The summed E-state index contributed by atoms with van der Waals surface area (Å²) in [5, 5.41) is 12.8. The predicted octanol–water partition coefficient (Wildman–Crippen LogP) is 3.85. The van der Waals surface area contributed by atoms with Gasteiger partial charge in [0.1, 0.15) is 36.0 Å².